The number of hydrogen-bond acceptors (Lipinski definition) is 0. The first-order valence-electron chi connectivity index (χ1n) is 3.65. The van der Waals surface area contributed by atoms with Crippen LogP contribution in [0.25, 0.3) is 0 Å². The van der Waals surface area contributed by atoms with Gasteiger partial charge in [0.2, 0.25) is 0 Å². The zero-order chi connectivity index (χ0) is 8.81. The fourth-order valence-corrected chi connectivity index (χ4v) is 1.13. The second kappa shape index (κ2) is 8.28. The Labute approximate surface area is 100.0 Å². The minimum Gasteiger partial charge on any atom is -0.0316 e. The van der Waals surface area contributed by atoms with Gasteiger partial charge in [-0.1, -0.05) is 0 Å². The molecule has 0 N–H and O–H groups in total. The zero-order valence-corrected chi connectivity index (χ0v) is 10.1. The molecule has 13 heavy (non-hydrogen) atoms. The summed E-state index contributed by atoms with van der Waals surface area (Å²) in [5, 5.41) is 0. The topological polar surface area (TPSA) is 0 Å². The number of hydrogen-bond donors (Lipinski definition) is 0. The van der Waals surface area contributed by atoms with Crippen LogP contribution in [-0.4, -0.2) is 20.5 Å². The minimum atomic E-state index is 0. The molecule has 0 atom stereocenters. The van der Waals surface area contributed by atoms with Crippen molar-refractivity contribution in [3.8, 4) is 0 Å². The van der Waals surface area contributed by atoms with Gasteiger partial charge in [0.25, 0.3) is 0 Å². The first kappa shape index (κ1) is 14.0. The van der Waals surface area contributed by atoms with Crippen molar-refractivity contribution < 1.29 is 17.1 Å². The Morgan fingerprint density at radius 1 is 0.615 bits per heavy atom. The van der Waals surface area contributed by atoms with E-state index in [4.69, 9.17) is 0 Å². The fraction of sp³-hybridized carbons (Fsp3) is 0. The van der Waals surface area contributed by atoms with Gasteiger partial charge < -0.3 is 0 Å². The van der Waals surface area contributed by atoms with E-state index in [1.807, 2.05) is 51.4 Å². The molecule has 3 heteroatoms. The van der Waals surface area contributed by atoms with Crippen molar-refractivity contribution in [3.05, 3.63) is 62.4 Å². The molecule has 0 spiro atoms. The van der Waals surface area contributed by atoms with Gasteiger partial charge in [0.15, 0.2) is 0 Å². The van der Waals surface area contributed by atoms with E-state index in [-0.39, 0.29) is 17.1 Å². The van der Waals surface area contributed by atoms with E-state index in [1.54, 1.807) is 0 Å². The van der Waals surface area contributed by atoms with Gasteiger partial charge in [0, 0.05) is 20.5 Å². The molecule has 0 aliphatic heterocycles. The molecule has 0 aromatic heterocycles. The summed E-state index contributed by atoms with van der Waals surface area (Å²) in [5.41, 5.74) is 2.30. The van der Waals surface area contributed by atoms with Gasteiger partial charge in [-0.15, -0.1) is 0 Å². The van der Waals surface area contributed by atoms with Crippen LogP contribution in [0.1, 0.15) is 0 Å². The summed E-state index contributed by atoms with van der Waals surface area (Å²) in [7, 11) is 6.65. The smallest absolute Gasteiger partial charge is 0.0316 e. The summed E-state index contributed by atoms with van der Waals surface area (Å²) >= 11 is 0. The minimum absolute atomic E-state index is 0. The van der Waals surface area contributed by atoms with Crippen molar-refractivity contribution in [1.82, 2.24) is 0 Å². The van der Waals surface area contributed by atoms with Crippen LogP contribution in [0.5, 0.6) is 0 Å². The van der Waals surface area contributed by atoms with Crippen LogP contribution in [0.4, 0.5) is 0 Å². The average molecular weight is 240 g/mol. The maximum Gasteiger partial charge on any atom is 2.00 e. The molecule has 0 aromatic carbocycles. The van der Waals surface area contributed by atoms with E-state index in [9.17, 15) is 0 Å². The van der Waals surface area contributed by atoms with Crippen molar-refractivity contribution in [3.63, 3.8) is 0 Å². The molecule has 62 valence electrons. The van der Waals surface area contributed by atoms with Crippen LogP contribution >= 0.6 is 0 Å². The van der Waals surface area contributed by atoms with Crippen molar-refractivity contribution in [2.45, 2.75) is 0 Å². The zero-order valence-electron chi connectivity index (χ0n) is 6.97. The second-order valence-corrected chi connectivity index (χ2v) is 3.50. The van der Waals surface area contributed by atoms with E-state index in [2.05, 4.69) is 20.5 Å². The standard InChI is InChI=1S/2C5H4Si.Fe/c2*6-5-3-1-2-4-5;/h2*1-4H;/q;;+2. The van der Waals surface area contributed by atoms with E-state index in [0.717, 1.165) is 11.1 Å². The van der Waals surface area contributed by atoms with Gasteiger partial charge in [0.05, 0.1) is 0 Å². The fourth-order valence-electron chi connectivity index (χ4n) is 0.748. The molecule has 16 radical (unpaired) electrons. The van der Waals surface area contributed by atoms with Crippen molar-refractivity contribution >= 4 is 20.5 Å². The summed E-state index contributed by atoms with van der Waals surface area (Å²) in [6.07, 6.45) is 15.9. The second-order valence-electron chi connectivity index (χ2n) is 2.35. The van der Waals surface area contributed by atoms with Gasteiger partial charge in [-0.05, 0) is 62.4 Å². The SMILES string of the molecule is [Fe+2].[Si][C]1[CH][CH][CH][CH]1.[Si][C]1[CH][CH][CH][CH]1. The van der Waals surface area contributed by atoms with Crippen LogP contribution in [0.2, 0.25) is 0 Å². The molecule has 2 aliphatic rings. The first-order valence-corrected chi connectivity index (χ1v) is 4.65. The molecule has 0 amide bonds. The quantitative estimate of drug-likeness (QED) is 0.555. The molecule has 0 aromatic rings. The molecule has 0 heterocycles. The Morgan fingerprint density at radius 2 is 0.846 bits per heavy atom. The predicted molar refractivity (Wildman–Crippen MR) is 52.4 cm³/mol. The van der Waals surface area contributed by atoms with Crippen LogP contribution in [0.15, 0.2) is 0 Å². The third-order valence-corrected chi connectivity index (χ3v) is 1.99. The predicted octanol–water partition coefficient (Wildman–Crippen LogP) is 1.03. The Bertz CT molecular complexity index is 93.5. The Balaban J connectivity index is 0.000000206. The molecule has 2 aliphatic carbocycles. The molecule has 2 saturated carbocycles. The normalized spacial score (nSPS) is 23.5. The molecular weight excluding hydrogens is 232 g/mol. The van der Waals surface area contributed by atoms with E-state index in [1.165, 1.54) is 0 Å². The van der Waals surface area contributed by atoms with Crippen molar-refractivity contribution in [1.29, 1.82) is 0 Å². The molecule has 0 nitrogen and oxygen atoms in total. The third-order valence-electron chi connectivity index (χ3n) is 1.33. The van der Waals surface area contributed by atoms with Gasteiger partial charge >= 0.3 is 17.1 Å². The number of rotatable bonds is 0. The maximum absolute atomic E-state index is 3.33. The summed E-state index contributed by atoms with van der Waals surface area (Å²) in [4.78, 5) is 0. The molecule has 2 rings (SSSR count). The molecule has 2 fully saturated rings. The van der Waals surface area contributed by atoms with Gasteiger partial charge in [-0.2, -0.15) is 0 Å². The van der Waals surface area contributed by atoms with Gasteiger partial charge in [-0.3, -0.25) is 0 Å². The van der Waals surface area contributed by atoms with Crippen LogP contribution in [0.3, 0.4) is 0 Å². The summed E-state index contributed by atoms with van der Waals surface area (Å²) in [5.74, 6) is 0. The van der Waals surface area contributed by atoms with Crippen molar-refractivity contribution in [2.75, 3.05) is 0 Å². The summed E-state index contributed by atoms with van der Waals surface area (Å²) in [6.45, 7) is 0. The Morgan fingerprint density at radius 3 is 0.923 bits per heavy atom. The van der Waals surface area contributed by atoms with Crippen LogP contribution in [-0.2, 0) is 17.1 Å². The third kappa shape index (κ3) is 6.95. The van der Waals surface area contributed by atoms with Gasteiger partial charge in [-0.25, -0.2) is 0 Å². The van der Waals surface area contributed by atoms with Crippen molar-refractivity contribution in [2.24, 2.45) is 0 Å². The maximum atomic E-state index is 3.33. The largest absolute Gasteiger partial charge is 2.00 e. The van der Waals surface area contributed by atoms with Gasteiger partial charge in [0.1, 0.15) is 0 Å². The first-order chi connectivity index (χ1) is 5.79. The Hall–Kier alpha value is 0.953. The molecule has 0 saturated heterocycles. The van der Waals surface area contributed by atoms with E-state index in [0.29, 0.717) is 0 Å². The van der Waals surface area contributed by atoms with Crippen LogP contribution in [0, 0.1) is 62.4 Å². The summed E-state index contributed by atoms with van der Waals surface area (Å²) in [6, 6.07) is 0. The van der Waals surface area contributed by atoms with E-state index >= 15 is 0 Å². The Kier molecular flexibility index (Phi) is 8.88. The summed E-state index contributed by atoms with van der Waals surface area (Å²) < 4.78 is 0. The molecule has 0 unspecified atom stereocenters. The van der Waals surface area contributed by atoms with Crippen LogP contribution < -0.4 is 0 Å². The monoisotopic (exact) mass is 240 g/mol. The van der Waals surface area contributed by atoms with E-state index < -0.39 is 0 Å². The average Bonchev–Trinajstić information content (AvgIpc) is 2.63. The molecular formula is C10H8FeSi2+2. The molecule has 0 bridgehead atoms.